The molecule has 0 aliphatic carbocycles. The lowest BCUT2D eigenvalue weighted by Gasteiger charge is -2.25. The average molecular weight is 511 g/mol. The van der Waals surface area contributed by atoms with E-state index >= 15 is 0 Å². The van der Waals surface area contributed by atoms with Gasteiger partial charge in [0.15, 0.2) is 11.3 Å². The van der Waals surface area contributed by atoms with Crippen LogP contribution in [0.5, 0.6) is 0 Å². The molecule has 1 unspecified atom stereocenters. The monoisotopic (exact) mass is 510 g/mol. The molecule has 2 aromatic carbocycles. The second-order valence-electron chi connectivity index (χ2n) is 7.67. The molecule has 0 spiro atoms. The van der Waals surface area contributed by atoms with Gasteiger partial charge < -0.3 is 20.2 Å². The molecule has 2 aliphatic rings. The number of pyridine rings is 1. The molecule has 0 bridgehead atoms. The number of nitrogen functional groups attached to an aromatic ring is 1. The molecule has 0 fully saturated rings. The number of fused-ring (bicyclic) bond motifs is 2. The third-order valence-corrected chi connectivity index (χ3v) is 5.91. The summed E-state index contributed by atoms with van der Waals surface area (Å²) in [7, 11) is -3.54. The SMILES string of the molecule is CC(Nc1nc2nc(N)c1-2)c1c(-c2ccccc2)[nH]c2c(Cl)cccc2c1=O.CS(=O)(=O)OC#N. The van der Waals surface area contributed by atoms with E-state index in [9.17, 15) is 13.2 Å². The predicted molar refractivity (Wildman–Crippen MR) is 134 cm³/mol. The van der Waals surface area contributed by atoms with Gasteiger partial charge in [-0.15, -0.1) is 5.26 Å². The normalized spacial score (nSPS) is 12.2. The summed E-state index contributed by atoms with van der Waals surface area (Å²) in [5, 5.41) is 11.9. The molecule has 3 aromatic rings. The van der Waals surface area contributed by atoms with Crippen LogP contribution >= 0.6 is 11.6 Å². The van der Waals surface area contributed by atoms with Gasteiger partial charge in [-0.3, -0.25) is 4.79 Å². The maximum atomic E-state index is 13.4. The first-order chi connectivity index (χ1) is 16.6. The molecule has 5 rings (SSSR count). The highest BCUT2D eigenvalue weighted by Gasteiger charge is 2.29. The second-order valence-corrected chi connectivity index (χ2v) is 9.65. The number of hydrogen-bond acceptors (Lipinski definition) is 9. The van der Waals surface area contributed by atoms with Crippen LogP contribution in [0, 0.1) is 11.5 Å². The van der Waals surface area contributed by atoms with E-state index in [2.05, 4.69) is 24.5 Å². The first-order valence-electron chi connectivity index (χ1n) is 10.2. The molecular formula is C23H19ClN6O4S. The van der Waals surface area contributed by atoms with Crippen molar-refractivity contribution in [2.75, 3.05) is 17.3 Å². The highest BCUT2D eigenvalue weighted by Crippen LogP contribution is 2.41. The highest BCUT2D eigenvalue weighted by molar-refractivity contribution is 7.86. The Morgan fingerprint density at radius 2 is 1.89 bits per heavy atom. The molecule has 10 nitrogen and oxygen atoms in total. The van der Waals surface area contributed by atoms with Gasteiger partial charge in [-0.2, -0.15) is 8.42 Å². The van der Waals surface area contributed by atoms with E-state index in [1.165, 1.54) is 0 Å². The number of benzene rings is 2. The van der Waals surface area contributed by atoms with Crippen molar-refractivity contribution in [3.63, 3.8) is 0 Å². The molecule has 178 valence electrons. The largest absolute Gasteiger partial charge is 0.383 e. The Kier molecular flexibility index (Phi) is 6.34. The van der Waals surface area contributed by atoms with Crippen LogP contribution in [0.4, 0.5) is 11.6 Å². The fraction of sp³-hybridized carbons (Fsp3) is 0.130. The number of H-pyrrole nitrogens is 1. The molecular weight excluding hydrogens is 492 g/mol. The number of hydrogen-bond donors (Lipinski definition) is 3. The van der Waals surface area contributed by atoms with Crippen molar-refractivity contribution in [1.82, 2.24) is 15.0 Å². The zero-order valence-corrected chi connectivity index (χ0v) is 20.1. The summed E-state index contributed by atoms with van der Waals surface area (Å²) < 4.78 is 23.1. The maximum absolute atomic E-state index is 13.4. The molecule has 4 N–H and O–H groups in total. The van der Waals surface area contributed by atoms with Gasteiger partial charge in [0.25, 0.3) is 0 Å². The summed E-state index contributed by atoms with van der Waals surface area (Å²) in [6, 6.07) is 14.8. The number of halogens is 1. The van der Waals surface area contributed by atoms with Crippen LogP contribution in [0.3, 0.4) is 0 Å². The fourth-order valence-corrected chi connectivity index (χ4v) is 4.05. The average Bonchev–Trinajstić information content (AvgIpc) is 2.78. The van der Waals surface area contributed by atoms with Crippen molar-refractivity contribution >= 4 is 44.3 Å². The van der Waals surface area contributed by atoms with Crippen molar-refractivity contribution in [3.05, 3.63) is 69.3 Å². The Hall–Kier alpha value is -4.14. The summed E-state index contributed by atoms with van der Waals surface area (Å²) in [5.41, 5.74) is 9.46. The van der Waals surface area contributed by atoms with E-state index in [-0.39, 0.29) is 11.5 Å². The fourth-order valence-electron chi connectivity index (χ4n) is 3.69. The third-order valence-electron chi connectivity index (χ3n) is 5.22. The van der Waals surface area contributed by atoms with Gasteiger partial charge in [0, 0.05) is 10.9 Å². The minimum absolute atomic E-state index is 0.0699. The summed E-state index contributed by atoms with van der Waals surface area (Å²) in [5.74, 6) is 1.80. The summed E-state index contributed by atoms with van der Waals surface area (Å²) in [4.78, 5) is 25.1. The number of nitriles is 1. The molecule has 0 saturated heterocycles. The van der Waals surface area contributed by atoms with Crippen LogP contribution in [0.25, 0.3) is 33.5 Å². The lowest BCUT2D eigenvalue weighted by atomic mass is 9.97. The molecule has 0 radical (unpaired) electrons. The van der Waals surface area contributed by atoms with Crippen molar-refractivity contribution in [2.24, 2.45) is 0 Å². The van der Waals surface area contributed by atoms with Crippen LogP contribution < -0.4 is 16.5 Å². The van der Waals surface area contributed by atoms with E-state index in [0.29, 0.717) is 38.9 Å². The van der Waals surface area contributed by atoms with E-state index in [1.807, 2.05) is 37.3 Å². The lowest BCUT2D eigenvalue weighted by molar-refractivity contribution is 0.465. The van der Waals surface area contributed by atoms with Gasteiger partial charge in [-0.1, -0.05) is 48.0 Å². The Bertz CT molecular complexity index is 1650. The Balaban J connectivity index is 0.000000364. The van der Waals surface area contributed by atoms with Crippen LogP contribution in [0.15, 0.2) is 53.3 Å². The Morgan fingerprint density at radius 3 is 2.46 bits per heavy atom. The first kappa shape index (κ1) is 24.0. The maximum Gasteiger partial charge on any atom is 0.315 e. The topological polar surface area (TPSA) is 164 Å². The molecule has 3 heterocycles. The van der Waals surface area contributed by atoms with E-state index < -0.39 is 10.1 Å². The third kappa shape index (κ3) is 4.75. The Labute approximate surface area is 205 Å². The molecule has 2 aliphatic heterocycles. The first-order valence-corrected chi connectivity index (χ1v) is 12.4. The number of anilines is 2. The van der Waals surface area contributed by atoms with Crippen molar-refractivity contribution in [2.45, 2.75) is 13.0 Å². The van der Waals surface area contributed by atoms with Gasteiger partial charge in [0.05, 0.1) is 28.5 Å². The smallest absolute Gasteiger partial charge is 0.315 e. The van der Waals surface area contributed by atoms with Crippen LogP contribution in [-0.2, 0) is 14.3 Å². The lowest BCUT2D eigenvalue weighted by Crippen LogP contribution is -2.23. The molecule has 35 heavy (non-hydrogen) atoms. The number of nitrogens with one attached hydrogen (secondary N) is 2. The van der Waals surface area contributed by atoms with Crippen LogP contribution in [-0.4, -0.2) is 29.6 Å². The predicted octanol–water partition coefficient (Wildman–Crippen LogP) is 3.82. The zero-order chi connectivity index (χ0) is 25.3. The Morgan fingerprint density at radius 1 is 1.17 bits per heavy atom. The van der Waals surface area contributed by atoms with Crippen molar-refractivity contribution < 1.29 is 12.6 Å². The molecule has 0 amide bonds. The molecule has 1 aromatic heterocycles. The van der Waals surface area contributed by atoms with Gasteiger partial charge in [0.2, 0.25) is 0 Å². The summed E-state index contributed by atoms with van der Waals surface area (Å²) in [6.07, 6.45) is 1.82. The molecule has 12 heteroatoms. The van der Waals surface area contributed by atoms with Gasteiger partial charge >= 0.3 is 16.4 Å². The molecule has 0 saturated carbocycles. The van der Waals surface area contributed by atoms with E-state index in [1.54, 1.807) is 18.2 Å². The standard InChI is InChI=1S/C21H16ClN5O.C2H3NO3S/c1-10(24-20-15-19(23)26-21(15)27-20)14-16(11-6-3-2-4-7-11)25-17-12(18(14)28)8-5-9-13(17)22;1-7(4,5)6-2-3/h2-10H,1H3,(H,25,28)(H3,23,24,26,27);1H3. The minimum Gasteiger partial charge on any atom is -0.383 e. The van der Waals surface area contributed by atoms with Crippen molar-refractivity contribution in [1.29, 1.82) is 5.26 Å². The molecule has 1 atom stereocenters. The number of rotatable bonds is 5. The highest BCUT2D eigenvalue weighted by atomic mass is 35.5. The number of para-hydroxylation sites is 1. The quantitative estimate of drug-likeness (QED) is 0.235. The summed E-state index contributed by atoms with van der Waals surface area (Å²) in [6.45, 7) is 1.93. The minimum atomic E-state index is -3.54. The number of aromatic amines is 1. The van der Waals surface area contributed by atoms with Crippen LogP contribution in [0.2, 0.25) is 5.02 Å². The summed E-state index contributed by atoms with van der Waals surface area (Å²) >= 11 is 6.36. The van der Waals surface area contributed by atoms with Crippen molar-refractivity contribution in [3.8, 4) is 28.9 Å². The van der Waals surface area contributed by atoms with Gasteiger partial charge in [-0.25, -0.2) is 9.97 Å². The number of nitrogens with two attached hydrogens (primary N) is 1. The number of nitrogens with zero attached hydrogens (tertiary/aromatic N) is 3. The number of aromatic nitrogens is 3. The van der Waals surface area contributed by atoms with Gasteiger partial charge in [0.1, 0.15) is 17.2 Å². The van der Waals surface area contributed by atoms with E-state index in [4.69, 9.17) is 22.6 Å². The van der Waals surface area contributed by atoms with Crippen LogP contribution in [0.1, 0.15) is 18.5 Å². The van der Waals surface area contributed by atoms with Gasteiger partial charge in [-0.05, 0) is 24.6 Å². The second kappa shape index (κ2) is 9.25. The van der Waals surface area contributed by atoms with E-state index in [0.717, 1.165) is 29.3 Å². The zero-order valence-electron chi connectivity index (χ0n) is 18.5.